The molecule has 1 amide bonds. The fraction of sp³-hybridized carbons (Fsp3) is 0.200. The predicted octanol–water partition coefficient (Wildman–Crippen LogP) is 1.90. The van der Waals surface area contributed by atoms with Gasteiger partial charge in [-0.2, -0.15) is 5.26 Å². The molecule has 0 aliphatic rings. The molecule has 0 saturated heterocycles. The fourth-order valence-corrected chi connectivity index (χ4v) is 1.23. The molecule has 0 unspecified atom stereocenters. The van der Waals surface area contributed by atoms with E-state index in [4.69, 9.17) is 16.9 Å². The molecule has 14 heavy (non-hydrogen) atoms. The highest BCUT2D eigenvalue weighted by atomic mass is 35.5. The van der Waals surface area contributed by atoms with E-state index in [0.29, 0.717) is 10.6 Å². The summed E-state index contributed by atoms with van der Waals surface area (Å²) in [5.74, 6) is -0.272. The highest BCUT2D eigenvalue weighted by molar-refractivity contribution is 6.31. The number of hydrogen-bond acceptors (Lipinski definition) is 2. The zero-order chi connectivity index (χ0) is 10.6. The van der Waals surface area contributed by atoms with Crippen LogP contribution in [0.5, 0.6) is 0 Å². The summed E-state index contributed by atoms with van der Waals surface area (Å²) in [4.78, 5) is 11.5. The number of benzene rings is 1. The third-order valence-corrected chi connectivity index (χ3v) is 2.01. The van der Waals surface area contributed by atoms with Crippen LogP contribution in [0.15, 0.2) is 18.2 Å². The minimum Gasteiger partial charge on any atom is -0.339 e. The quantitative estimate of drug-likeness (QED) is 0.755. The Labute approximate surface area is 87.3 Å². The number of nitrogens with one attached hydrogen (secondary N) is 1. The Bertz CT molecular complexity index is 396. The molecule has 0 aromatic heterocycles. The van der Waals surface area contributed by atoms with Crippen LogP contribution in [0.2, 0.25) is 5.02 Å². The van der Waals surface area contributed by atoms with Crippen molar-refractivity contribution < 1.29 is 4.79 Å². The van der Waals surface area contributed by atoms with E-state index in [2.05, 4.69) is 5.32 Å². The van der Waals surface area contributed by atoms with Crippen LogP contribution in [0.25, 0.3) is 0 Å². The van der Waals surface area contributed by atoms with Gasteiger partial charge in [0.25, 0.3) is 5.91 Å². The number of rotatable bonds is 2. The normalized spacial score (nSPS) is 9.21. The number of halogens is 1. The molecule has 3 nitrogen and oxygen atoms in total. The molecular weight excluding hydrogens is 200 g/mol. The number of aryl methyl sites for hydroxylation is 1. The van der Waals surface area contributed by atoms with Gasteiger partial charge in [-0.15, -0.1) is 0 Å². The van der Waals surface area contributed by atoms with Gasteiger partial charge in [0.1, 0.15) is 6.54 Å². The number of carbonyl (C=O) groups excluding carboxylic acids is 1. The lowest BCUT2D eigenvalue weighted by Gasteiger charge is -2.04. The number of nitriles is 1. The first-order chi connectivity index (χ1) is 6.65. The molecule has 0 heterocycles. The monoisotopic (exact) mass is 208 g/mol. The molecule has 0 aliphatic carbocycles. The standard InChI is InChI=1S/C10H9ClN2O/c1-7-2-3-8(11)6-9(7)10(14)13-5-4-12/h2-3,6H,5H2,1H3,(H,13,14). The van der Waals surface area contributed by atoms with Crippen molar-refractivity contribution in [1.82, 2.24) is 5.32 Å². The smallest absolute Gasteiger partial charge is 0.252 e. The van der Waals surface area contributed by atoms with Crippen molar-refractivity contribution in [2.45, 2.75) is 6.92 Å². The molecule has 0 atom stereocenters. The van der Waals surface area contributed by atoms with Gasteiger partial charge in [0.2, 0.25) is 0 Å². The minimum absolute atomic E-state index is 0.00475. The van der Waals surface area contributed by atoms with Crippen LogP contribution in [0.1, 0.15) is 15.9 Å². The van der Waals surface area contributed by atoms with Crippen molar-refractivity contribution in [3.05, 3.63) is 34.3 Å². The van der Waals surface area contributed by atoms with Gasteiger partial charge < -0.3 is 5.32 Å². The molecule has 1 aromatic carbocycles. The predicted molar refractivity (Wildman–Crippen MR) is 54.1 cm³/mol. The van der Waals surface area contributed by atoms with Gasteiger partial charge in [-0.05, 0) is 24.6 Å². The summed E-state index contributed by atoms with van der Waals surface area (Å²) in [6.45, 7) is 1.82. The summed E-state index contributed by atoms with van der Waals surface area (Å²) in [6.07, 6.45) is 0. The summed E-state index contributed by atoms with van der Waals surface area (Å²) in [6, 6.07) is 6.91. The fourth-order valence-electron chi connectivity index (χ4n) is 1.05. The Morgan fingerprint density at radius 2 is 2.36 bits per heavy atom. The van der Waals surface area contributed by atoms with Crippen LogP contribution in [-0.2, 0) is 0 Å². The highest BCUT2D eigenvalue weighted by Gasteiger charge is 2.08. The van der Waals surface area contributed by atoms with E-state index in [0.717, 1.165) is 5.56 Å². The zero-order valence-corrected chi connectivity index (χ0v) is 8.43. The van der Waals surface area contributed by atoms with Crippen molar-refractivity contribution in [3.63, 3.8) is 0 Å². The molecule has 0 bridgehead atoms. The third kappa shape index (κ3) is 2.48. The molecule has 0 radical (unpaired) electrons. The van der Waals surface area contributed by atoms with Crippen LogP contribution in [0.3, 0.4) is 0 Å². The Balaban J connectivity index is 2.90. The first-order valence-corrected chi connectivity index (χ1v) is 4.44. The second-order valence-corrected chi connectivity index (χ2v) is 3.24. The molecule has 4 heteroatoms. The second kappa shape index (κ2) is 4.64. The van der Waals surface area contributed by atoms with E-state index in [9.17, 15) is 4.79 Å². The van der Waals surface area contributed by atoms with E-state index in [1.165, 1.54) is 0 Å². The van der Waals surface area contributed by atoms with Crippen LogP contribution in [0, 0.1) is 18.3 Å². The van der Waals surface area contributed by atoms with Crippen LogP contribution >= 0.6 is 11.6 Å². The van der Waals surface area contributed by atoms with E-state index in [1.807, 2.05) is 13.0 Å². The van der Waals surface area contributed by atoms with E-state index in [-0.39, 0.29) is 12.5 Å². The first-order valence-electron chi connectivity index (χ1n) is 4.06. The molecule has 0 saturated carbocycles. The maximum absolute atomic E-state index is 11.5. The third-order valence-electron chi connectivity index (χ3n) is 1.77. The van der Waals surface area contributed by atoms with Crippen molar-refractivity contribution in [3.8, 4) is 6.07 Å². The van der Waals surface area contributed by atoms with Gasteiger partial charge in [-0.1, -0.05) is 17.7 Å². The molecule has 0 aliphatic heterocycles. The van der Waals surface area contributed by atoms with Gasteiger partial charge in [-0.3, -0.25) is 4.79 Å². The highest BCUT2D eigenvalue weighted by Crippen LogP contribution is 2.14. The van der Waals surface area contributed by atoms with Gasteiger partial charge in [-0.25, -0.2) is 0 Å². The van der Waals surface area contributed by atoms with Crippen molar-refractivity contribution >= 4 is 17.5 Å². The summed E-state index contributed by atoms with van der Waals surface area (Å²) >= 11 is 5.75. The molecular formula is C10H9ClN2O. The molecule has 0 spiro atoms. The van der Waals surface area contributed by atoms with Gasteiger partial charge in [0.15, 0.2) is 0 Å². The second-order valence-electron chi connectivity index (χ2n) is 2.80. The SMILES string of the molecule is Cc1ccc(Cl)cc1C(=O)NCC#N. The zero-order valence-electron chi connectivity index (χ0n) is 7.67. The number of carbonyl (C=O) groups is 1. The topological polar surface area (TPSA) is 52.9 Å². The molecule has 72 valence electrons. The Morgan fingerprint density at radius 1 is 1.64 bits per heavy atom. The van der Waals surface area contributed by atoms with Gasteiger partial charge >= 0.3 is 0 Å². The minimum atomic E-state index is -0.272. The summed E-state index contributed by atoms with van der Waals surface area (Å²) in [7, 11) is 0. The maximum Gasteiger partial charge on any atom is 0.252 e. The van der Waals surface area contributed by atoms with E-state index in [1.54, 1.807) is 18.2 Å². The van der Waals surface area contributed by atoms with Crippen LogP contribution in [0.4, 0.5) is 0 Å². The summed E-state index contributed by atoms with van der Waals surface area (Å²) in [5.41, 5.74) is 1.34. The number of nitrogens with zero attached hydrogens (tertiary/aromatic N) is 1. The van der Waals surface area contributed by atoms with E-state index >= 15 is 0 Å². The lowest BCUT2D eigenvalue weighted by atomic mass is 10.1. The summed E-state index contributed by atoms with van der Waals surface area (Å²) in [5, 5.41) is 11.3. The van der Waals surface area contributed by atoms with E-state index < -0.39 is 0 Å². The molecule has 0 fully saturated rings. The van der Waals surface area contributed by atoms with Crippen LogP contribution in [-0.4, -0.2) is 12.5 Å². The van der Waals surface area contributed by atoms with Gasteiger partial charge in [0.05, 0.1) is 6.07 Å². The lowest BCUT2D eigenvalue weighted by Crippen LogP contribution is -2.24. The average molecular weight is 209 g/mol. The molecule has 1 rings (SSSR count). The summed E-state index contributed by atoms with van der Waals surface area (Å²) < 4.78 is 0. The maximum atomic E-state index is 11.5. The lowest BCUT2D eigenvalue weighted by molar-refractivity contribution is 0.0958. The van der Waals surface area contributed by atoms with Crippen molar-refractivity contribution in [1.29, 1.82) is 5.26 Å². The van der Waals surface area contributed by atoms with Crippen molar-refractivity contribution in [2.75, 3.05) is 6.54 Å². The Morgan fingerprint density at radius 3 is 3.00 bits per heavy atom. The van der Waals surface area contributed by atoms with Crippen molar-refractivity contribution in [2.24, 2.45) is 0 Å². The Kier molecular flexibility index (Phi) is 3.49. The molecule has 1 N–H and O–H groups in total. The molecule has 1 aromatic rings. The number of hydrogen-bond donors (Lipinski definition) is 1. The average Bonchev–Trinajstić information content (AvgIpc) is 2.18. The first kappa shape index (κ1) is 10.6. The van der Waals surface area contributed by atoms with Crippen LogP contribution < -0.4 is 5.32 Å². The Hall–Kier alpha value is -1.53. The largest absolute Gasteiger partial charge is 0.339 e. The number of amides is 1. The van der Waals surface area contributed by atoms with Gasteiger partial charge in [0, 0.05) is 10.6 Å².